The molecule has 1 aromatic carbocycles. The first kappa shape index (κ1) is 12.1. The van der Waals surface area contributed by atoms with Gasteiger partial charge in [0.2, 0.25) is 0 Å². The van der Waals surface area contributed by atoms with Crippen LogP contribution in [0.5, 0.6) is 0 Å². The van der Waals surface area contributed by atoms with Crippen LogP contribution in [0.1, 0.15) is 10.4 Å². The van der Waals surface area contributed by atoms with Crippen LogP contribution in [-0.2, 0) is 4.74 Å². The average molecular weight is 290 g/mol. The van der Waals surface area contributed by atoms with Crippen molar-refractivity contribution in [2.24, 2.45) is 0 Å². The summed E-state index contributed by atoms with van der Waals surface area (Å²) in [6, 6.07) is 7.86. The summed E-state index contributed by atoms with van der Waals surface area (Å²) < 4.78 is 5.86. The Balaban J connectivity index is 2.19. The van der Waals surface area contributed by atoms with Crippen LogP contribution in [0.4, 0.5) is 5.00 Å². The SMILES string of the molecule is COC(=O)c1c(-c2nc3ccccc3s2)csc1N. The van der Waals surface area contributed by atoms with Gasteiger partial charge in [-0.2, -0.15) is 0 Å². The lowest BCUT2D eigenvalue weighted by atomic mass is 10.2. The lowest BCUT2D eigenvalue weighted by molar-refractivity contribution is 0.0603. The number of fused-ring (bicyclic) bond motifs is 1. The molecule has 0 amide bonds. The minimum atomic E-state index is -0.423. The lowest BCUT2D eigenvalue weighted by Crippen LogP contribution is -2.04. The molecular formula is C13H10N2O2S2. The number of hydrogen-bond donors (Lipinski definition) is 1. The van der Waals surface area contributed by atoms with Gasteiger partial charge in [0.25, 0.3) is 0 Å². The maximum atomic E-state index is 11.8. The third-order valence-corrected chi connectivity index (χ3v) is 4.61. The van der Waals surface area contributed by atoms with Gasteiger partial charge in [-0.05, 0) is 12.1 Å². The van der Waals surface area contributed by atoms with Crippen molar-refractivity contribution in [1.29, 1.82) is 0 Å². The van der Waals surface area contributed by atoms with Crippen LogP contribution in [-0.4, -0.2) is 18.1 Å². The Hall–Kier alpha value is -1.92. The number of methoxy groups -OCH3 is 1. The number of carbonyl (C=O) groups excluding carboxylic acids is 1. The molecular weight excluding hydrogens is 280 g/mol. The smallest absolute Gasteiger partial charge is 0.341 e. The van der Waals surface area contributed by atoms with E-state index >= 15 is 0 Å². The van der Waals surface area contributed by atoms with Crippen LogP contribution < -0.4 is 5.73 Å². The molecule has 0 aliphatic rings. The van der Waals surface area contributed by atoms with E-state index in [1.807, 2.05) is 29.6 Å². The molecule has 19 heavy (non-hydrogen) atoms. The van der Waals surface area contributed by atoms with Crippen molar-refractivity contribution >= 4 is 43.9 Å². The highest BCUT2D eigenvalue weighted by atomic mass is 32.1. The molecule has 2 heterocycles. The molecule has 3 rings (SSSR count). The molecule has 96 valence electrons. The van der Waals surface area contributed by atoms with Gasteiger partial charge >= 0.3 is 5.97 Å². The van der Waals surface area contributed by atoms with Crippen LogP contribution in [0.25, 0.3) is 20.8 Å². The highest BCUT2D eigenvalue weighted by molar-refractivity contribution is 7.22. The van der Waals surface area contributed by atoms with E-state index in [0.717, 1.165) is 20.8 Å². The fraction of sp³-hybridized carbons (Fsp3) is 0.0769. The molecule has 3 aromatic rings. The fourth-order valence-corrected chi connectivity index (χ4v) is 3.68. The monoisotopic (exact) mass is 290 g/mol. The number of ether oxygens (including phenoxy) is 1. The Bertz CT molecular complexity index is 728. The molecule has 0 saturated heterocycles. The topological polar surface area (TPSA) is 65.2 Å². The molecule has 0 fully saturated rings. The number of aromatic nitrogens is 1. The van der Waals surface area contributed by atoms with E-state index in [4.69, 9.17) is 10.5 Å². The van der Waals surface area contributed by atoms with Gasteiger partial charge in [-0.3, -0.25) is 0 Å². The minimum absolute atomic E-state index is 0.409. The second-order valence-corrected chi connectivity index (χ2v) is 5.81. The second-order valence-electron chi connectivity index (χ2n) is 3.87. The Kier molecular flexibility index (Phi) is 2.96. The van der Waals surface area contributed by atoms with Gasteiger partial charge in [0.05, 0.1) is 17.3 Å². The maximum Gasteiger partial charge on any atom is 0.341 e. The highest BCUT2D eigenvalue weighted by Crippen LogP contribution is 2.37. The predicted octanol–water partition coefficient (Wildman–Crippen LogP) is 3.39. The zero-order chi connectivity index (χ0) is 13.4. The molecule has 0 aliphatic heterocycles. The molecule has 4 nitrogen and oxygen atoms in total. The van der Waals surface area contributed by atoms with Gasteiger partial charge in [0.1, 0.15) is 15.6 Å². The number of nitrogens with two attached hydrogens (primary N) is 1. The number of esters is 1. The molecule has 0 spiro atoms. The normalized spacial score (nSPS) is 10.8. The zero-order valence-electron chi connectivity index (χ0n) is 10.0. The van der Waals surface area contributed by atoms with E-state index in [2.05, 4.69) is 4.98 Å². The summed E-state index contributed by atoms with van der Waals surface area (Å²) in [4.78, 5) is 16.3. The van der Waals surface area contributed by atoms with Crippen molar-refractivity contribution < 1.29 is 9.53 Å². The number of nitrogens with zero attached hydrogens (tertiary/aromatic N) is 1. The first-order chi connectivity index (χ1) is 9.20. The van der Waals surface area contributed by atoms with Gasteiger partial charge < -0.3 is 10.5 Å². The Labute approximate surface area is 117 Å². The van der Waals surface area contributed by atoms with Crippen molar-refractivity contribution in [1.82, 2.24) is 4.98 Å². The van der Waals surface area contributed by atoms with Crippen LogP contribution in [0, 0.1) is 0 Å². The van der Waals surface area contributed by atoms with Crippen molar-refractivity contribution in [3.63, 3.8) is 0 Å². The number of hydrogen-bond acceptors (Lipinski definition) is 6. The average Bonchev–Trinajstić information content (AvgIpc) is 3.00. The summed E-state index contributed by atoms with van der Waals surface area (Å²) in [6.07, 6.45) is 0. The number of thiazole rings is 1. The number of para-hydroxylation sites is 1. The van der Waals surface area contributed by atoms with Crippen LogP contribution in [0.2, 0.25) is 0 Å². The van der Waals surface area contributed by atoms with E-state index in [-0.39, 0.29) is 0 Å². The molecule has 0 unspecified atom stereocenters. The molecule has 0 bridgehead atoms. The molecule has 0 atom stereocenters. The number of thiophene rings is 1. The van der Waals surface area contributed by atoms with Gasteiger partial charge in [-0.15, -0.1) is 22.7 Å². The van der Waals surface area contributed by atoms with Gasteiger partial charge in [0, 0.05) is 10.9 Å². The molecule has 2 aromatic heterocycles. The number of anilines is 1. The Morgan fingerprint density at radius 2 is 2.16 bits per heavy atom. The Morgan fingerprint density at radius 1 is 1.37 bits per heavy atom. The lowest BCUT2D eigenvalue weighted by Gasteiger charge is -2.00. The van der Waals surface area contributed by atoms with E-state index in [1.165, 1.54) is 29.8 Å². The van der Waals surface area contributed by atoms with Gasteiger partial charge in [-0.1, -0.05) is 12.1 Å². The number of benzene rings is 1. The summed E-state index contributed by atoms with van der Waals surface area (Å²) in [6.45, 7) is 0. The van der Waals surface area contributed by atoms with Crippen LogP contribution in [0.15, 0.2) is 29.6 Å². The number of carbonyl (C=O) groups is 1. The third kappa shape index (κ3) is 1.98. The van der Waals surface area contributed by atoms with E-state index < -0.39 is 5.97 Å². The van der Waals surface area contributed by atoms with Crippen molar-refractivity contribution in [2.45, 2.75) is 0 Å². The Morgan fingerprint density at radius 3 is 2.89 bits per heavy atom. The van der Waals surface area contributed by atoms with E-state index in [0.29, 0.717) is 10.6 Å². The third-order valence-electron chi connectivity index (χ3n) is 2.73. The van der Waals surface area contributed by atoms with Crippen molar-refractivity contribution in [3.05, 3.63) is 35.2 Å². The van der Waals surface area contributed by atoms with Crippen molar-refractivity contribution in [3.8, 4) is 10.6 Å². The molecule has 0 saturated carbocycles. The summed E-state index contributed by atoms with van der Waals surface area (Å²) in [5.74, 6) is -0.423. The quantitative estimate of drug-likeness (QED) is 0.735. The molecule has 0 radical (unpaired) electrons. The standard InChI is InChI=1S/C13H10N2O2S2/c1-17-13(16)10-7(6-18-11(10)14)12-15-8-4-2-3-5-9(8)19-12/h2-6H,14H2,1H3. The van der Waals surface area contributed by atoms with Crippen LogP contribution in [0.3, 0.4) is 0 Å². The highest BCUT2D eigenvalue weighted by Gasteiger charge is 2.21. The maximum absolute atomic E-state index is 11.8. The summed E-state index contributed by atoms with van der Waals surface area (Å²) >= 11 is 2.86. The second kappa shape index (κ2) is 4.64. The predicted molar refractivity (Wildman–Crippen MR) is 78.7 cm³/mol. The molecule has 6 heteroatoms. The van der Waals surface area contributed by atoms with Crippen molar-refractivity contribution in [2.75, 3.05) is 12.8 Å². The minimum Gasteiger partial charge on any atom is -0.465 e. The first-order valence-corrected chi connectivity index (χ1v) is 7.21. The molecule has 0 aliphatic carbocycles. The number of nitrogen functional groups attached to an aromatic ring is 1. The summed E-state index contributed by atoms with van der Waals surface area (Å²) in [7, 11) is 1.35. The van der Waals surface area contributed by atoms with Crippen LogP contribution >= 0.6 is 22.7 Å². The van der Waals surface area contributed by atoms with Gasteiger partial charge in [-0.25, -0.2) is 9.78 Å². The van der Waals surface area contributed by atoms with E-state index in [1.54, 1.807) is 0 Å². The zero-order valence-corrected chi connectivity index (χ0v) is 11.7. The summed E-state index contributed by atoms with van der Waals surface area (Å²) in [5, 5.41) is 3.09. The van der Waals surface area contributed by atoms with E-state index in [9.17, 15) is 4.79 Å². The molecule has 2 N–H and O–H groups in total. The first-order valence-electron chi connectivity index (χ1n) is 5.52. The number of rotatable bonds is 2. The fourth-order valence-electron chi connectivity index (χ4n) is 1.83. The van der Waals surface area contributed by atoms with Gasteiger partial charge in [0.15, 0.2) is 0 Å². The summed E-state index contributed by atoms with van der Waals surface area (Å²) in [5.41, 5.74) is 7.92. The largest absolute Gasteiger partial charge is 0.465 e.